The van der Waals surface area contributed by atoms with Gasteiger partial charge in [0.15, 0.2) is 5.95 Å². The topological polar surface area (TPSA) is 39.9 Å². The molecule has 0 radical (unpaired) electrons. The van der Waals surface area contributed by atoms with Crippen LogP contribution < -0.4 is 5.10 Å². The van der Waals surface area contributed by atoms with Crippen LogP contribution in [-0.2, 0) is 16.5 Å². The van der Waals surface area contributed by atoms with E-state index in [0.717, 1.165) is 0 Å². The normalized spacial score (nSPS) is 9.53. The molecule has 0 unspecified atom stereocenters. The van der Waals surface area contributed by atoms with Gasteiger partial charge in [0.25, 0.3) is 0 Å². The van der Waals surface area contributed by atoms with Crippen molar-refractivity contribution in [3.05, 3.63) is 36.4 Å². The molecule has 7 heteroatoms. The van der Waals surface area contributed by atoms with Gasteiger partial charge in [-0.1, -0.05) is 11.8 Å². The van der Waals surface area contributed by atoms with E-state index in [4.69, 9.17) is 18.8 Å². The first-order valence-corrected chi connectivity index (χ1v) is 9.30. The molecule has 0 aliphatic rings. The number of hydrogen-bond acceptors (Lipinski definition) is 2. The molecule has 0 bridgehead atoms. The Kier molecular flexibility index (Phi) is 5.84. The van der Waals surface area contributed by atoms with Crippen molar-refractivity contribution in [2.24, 2.45) is 0 Å². The Bertz CT molecular complexity index is 396. The van der Waals surface area contributed by atoms with Crippen LogP contribution in [0.25, 0.3) is 11.4 Å². The van der Waals surface area contributed by atoms with Crippen LogP contribution in [0.4, 0.5) is 4.39 Å². The third kappa shape index (κ3) is 4.29. The Balaban J connectivity index is 0.000000337. The molecule has 2 aromatic rings. The van der Waals surface area contributed by atoms with Gasteiger partial charge in [-0.3, -0.25) is 4.98 Å². The molecule has 2 heterocycles. The van der Waals surface area contributed by atoms with Crippen LogP contribution in [0.3, 0.4) is 0 Å². The number of hydrogen-bond donors (Lipinski definition) is 0. The first kappa shape index (κ1) is 12.6. The van der Waals surface area contributed by atoms with E-state index in [1.54, 1.807) is 18.3 Å². The van der Waals surface area contributed by atoms with Crippen molar-refractivity contribution in [3.8, 4) is 11.4 Å². The molecule has 15 heavy (non-hydrogen) atoms. The van der Waals surface area contributed by atoms with E-state index in [9.17, 15) is 4.39 Å². The van der Waals surface area contributed by atoms with E-state index in [1.807, 2.05) is 6.07 Å². The van der Waals surface area contributed by atoms with Crippen LogP contribution in [-0.4, -0.2) is 10.1 Å². The van der Waals surface area contributed by atoms with E-state index >= 15 is 0 Å². The van der Waals surface area contributed by atoms with Crippen LogP contribution in [0.1, 0.15) is 0 Å². The molecule has 0 spiro atoms. The number of nitrogens with zero attached hydrogens (tertiary/aromatic N) is 3. The van der Waals surface area contributed by atoms with Crippen molar-refractivity contribution < 1.29 is 20.9 Å². The third-order valence-electron chi connectivity index (χ3n) is 1.44. The van der Waals surface area contributed by atoms with Gasteiger partial charge in [-0.25, -0.2) is 0 Å². The van der Waals surface area contributed by atoms with Crippen LogP contribution in [0.5, 0.6) is 0 Å². The number of rotatable bonds is 1. The van der Waals surface area contributed by atoms with Crippen LogP contribution in [0.2, 0.25) is 0 Å². The third-order valence-corrected chi connectivity index (χ3v) is 1.44. The van der Waals surface area contributed by atoms with Gasteiger partial charge in [0.2, 0.25) is 0 Å². The number of pyridine rings is 1. The zero-order chi connectivity index (χ0) is 11.1. The average Bonchev–Trinajstić information content (AvgIpc) is 2.67. The summed E-state index contributed by atoms with van der Waals surface area (Å²) < 4.78 is 12.4. The number of halogens is 3. The molecule has 84 valence electrons. The Morgan fingerprint density at radius 1 is 1.33 bits per heavy atom. The van der Waals surface area contributed by atoms with Gasteiger partial charge in [0, 0.05) is 11.9 Å². The molecule has 0 fully saturated rings. The fraction of sp³-hybridized carbons (Fsp3) is 0. The van der Waals surface area contributed by atoms with Crippen molar-refractivity contribution in [2.75, 3.05) is 0 Å². The van der Waals surface area contributed by atoms with Gasteiger partial charge in [-0.05, 0) is 18.2 Å². The van der Waals surface area contributed by atoms with Crippen molar-refractivity contribution in [3.63, 3.8) is 0 Å². The molecular formula is C8H5Cl2FN3Pt-. The fourth-order valence-electron chi connectivity index (χ4n) is 0.912. The average molecular weight is 428 g/mol. The maximum absolute atomic E-state index is 12.4. The summed E-state index contributed by atoms with van der Waals surface area (Å²) in [5.74, 6) is -0.573. The number of aromatic nitrogens is 3. The monoisotopic (exact) mass is 427 g/mol. The predicted octanol–water partition coefficient (Wildman–Crippen LogP) is 2.62. The predicted molar refractivity (Wildman–Crippen MR) is 52.5 cm³/mol. The second-order valence-corrected chi connectivity index (χ2v) is 5.60. The Morgan fingerprint density at radius 3 is 2.53 bits per heavy atom. The minimum absolute atomic E-state index is 0.466. The van der Waals surface area contributed by atoms with Crippen molar-refractivity contribution in [1.29, 1.82) is 0 Å². The minimum atomic E-state index is -0.573. The maximum atomic E-state index is 12.4. The van der Waals surface area contributed by atoms with Gasteiger partial charge in [0.1, 0.15) is 0 Å². The molecule has 0 saturated heterocycles. The van der Waals surface area contributed by atoms with Crippen LogP contribution in [0, 0.1) is 5.95 Å². The zero-order valence-electron chi connectivity index (χ0n) is 7.18. The van der Waals surface area contributed by atoms with Crippen LogP contribution >= 0.6 is 18.8 Å². The summed E-state index contributed by atoms with van der Waals surface area (Å²) in [5.41, 5.74) is 1.10. The summed E-state index contributed by atoms with van der Waals surface area (Å²) in [4.78, 5) is 3.99. The van der Waals surface area contributed by atoms with Gasteiger partial charge in [-0.2, -0.15) is 4.39 Å². The fourth-order valence-corrected chi connectivity index (χ4v) is 0.912. The SMILES string of the molecule is Fc1cc(-c2ccccn2)[n-]n1.[Cl][Pt][Cl]. The summed E-state index contributed by atoms with van der Waals surface area (Å²) in [7, 11) is 9.75. The van der Waals surface area contributed by atoms with Crippen LogP contribution in [0.15, 0.2) is 30.5 Å². The Labute approximate surface area is 102 Å². The Hall–Kier alpha value is -0.442. The van der Waals surface area contributed by atoms with Crippen molar-refractivity contribution in [2.45, 2.75) is 0 Å². The summed E-state index contributed by atoms with van der Waals surface area (Å²) in [6.45, 7) is 0. The second kappa shape index (κ2) is 6.94. The van der Waals surface area contributed by atoms with E-state index in [0.29, 0.717) is 11.4 Å². The van der Waals surface area contributed by atoms with E-state index in [2.05, 4.69) is 15.2 Å². The molecule has 2 rings (SSSR count). The van der Waals surface area contributed by atoms with Crippen molar-refractivity contribution in [1.82, 2.24) is 15.2 Å². The standard InChI is InChI=1S/C8H5FN3.2ClH.Pt/c9-8-5-7(11-12-8)6-3-1-2-4-10-6;;;/h1-5H;2*1H;/q-1;;;+2/p-2. The molecular weight excluding hydrogens is 423 g/mol. The molecule has 0 amide bonds. The molecule has 0 aromatic carbocycles. The summed E-state index contributed by atoms with van der Waals surface area (Å²) in [6, 6.07) is 6.61. The van der Waals surface area contributed by atoms with Gasteiger partial charge in [0.05, 0.1) is 0 Å². The molecule has 0 saturated carbocycles. The first-order chi connectivity index (χ1) is 7.27. The van der Waals surface area contributed by atoms with E-state index in [1.165, 1.54) is 6.07 Å². The van der Waals surface area contributed by atoms with Crippen molar-refractivity contribution >= 4 is 18.8 Å². The van der Waals surface area contributed by atoms with Gasteiger partial charge in [-0.15, -0.1) is 0 Å². The summed E-state index contributed by atoms with van der Waals surface area (Å²) in [6.07, 6.45) is 1.63. The summed E-state index contributed by atoms with van der Waals surface area (Å²) >= 11 is -0.472. The molecule has 0 aliphatic carbocycles. The first-order valence-electron chi connectivity index (χ1n) is 3.67. The summed E-state index contributed by atoms with van der Waals surface area (Å²) in [5, 5.41) is 6.83. The zero-order valence-corrected chi connectivity index (χ0v) is 11.0. The Morgan fingerprint density at radius 2 is 2.07 bits per heavy atom. The van der Waals surface area contributed by atoms with Gasteiger partial charge < -0.3 is 10.2 Å². The molecule has 0 atom stereocenters. The quantitative estimate of drug-likeness (QED) is 0.702. The molecule has 0 aliphatic heterocycles. The van der Waals surface area contributed by atoms with E-state index < -0.39 is 22.4 Å². The molecule has 3 nitrogen and oxygen atoms in total. The second-order valence-electron chi connectivity index (χ2n) is 2.31. The van der Waals surface area contributed by atoms with Gasteiger partial charge >= 0.3 is 35.3 Å². The molecule has 0 N–H and O–H groups in total. The van der Waals surface area contributed by atoms with E-state index in [-0.39, 0.29) is 0 Å². The molecule has 2 aromatic heterocycles.